The molecule has 1 fully saturated rings. The molecule has 4 heteroatoms. The van der Waals surface area contributed by atoms with Crippen molar-refractivity contribution in [1.82, 2.24) is 20.0 Å². The molecule has 1 aliphatic rings. The molecule has 18 heavy (non-hydrogen) atoms. The van der Waals surface area contributed by atoms with Crippen molar-refractivity contribution in [3.63, 3.8) is 0 Å². The fourth-order valence-corrected chi connectivity index (χ4v) is 2.69. The summed E-state index contributed by atoms with van der Waals surface area (Å²) in [6, 6.07) is 0.828. The second-order valence-electron chi connectivity index (χ2n) is 5.30. The van der Waals surface area contributed by atoms with Gasteiger partial charge in [0.15, 0.2) is 0 Å². The van der Waals surface area contributed by atoms with Crippen molar-refractivity contribution in [1.29, 1.82) is 0 Å². The summed E-state index contributed by atoms with van der Waals surface area (Å²) in [5, 5.41) is 7.78. The van der Waals surface area contributed by atoms with Crippen molar-refractivity contribution in [2.24, 2.45) is 0 Å². The van der Waals surface area contributed by atoms with Crippen LogP contribution in [0, 0.1) is 0 Å². The zero-order valence-electron chi connectivity index (χ0n) is 11.7. The Balaban J connectivity index is 1.60. The second kappa shape index (κ2) is 6.90. The van der Waals surface area contributed by atoms with Crippen molar-refractivity contribution in [2.45, 2.75) is 51.7 Å². The van der Waals surface area contributed by atoms with Crippen molar-refractivity contribution < 1.29 is 0 Å². The van der Waals surface area contributed by atoms with Crippen LogP contribution in [0.25, 0.3) is 0 Å². The van der Waals surface area contributed by atoms with Gasteiger partial charge >= 0.3 is 0 Å². The smallest absolute Gasteiger partial charge is 0.0534 e. The first kappa shape index (κ1) is 13.6. The molecule has 1 aromatic rings. The lowest BCUT2D eigenvalue weighted by molar-refractivity contribution is 0.245. The molecule has 0 saturated heterocycles. The molecule has 0 aromatic carbocycles. The fourth-order valence-electron chi connectivity index (χ4n) is 2.69. The Morgan fingerprint density at radius 3 is 2.89 bits per heavy atom. The minimum absolute atomic E-state index is 0.828. The maximum atomic E-state index is 4.28. The van der Waals surface area contributed by atoms with Gasteiger partial charge in [-0.05, 0) is 26.8 Å². The van der Waals surface area contributed by atoms with E-state index in [1.807, 2.05) is 10.9 Å². The molecule has 1 aromatic heterocycles. The molecule has 1 N–H and O–H groups in total. The van der Waals surface area contributed by atoms with Gasteiger partial charge in [0.1, 0.15) is 0 Å². The molecule has 2 rings (SSSR count). The van der Waals surface area contributed by atoms with Crippen LogP contribution in [0.3, 0.4) is 0 Å². The topological polar surface area (TPSA) is 33.1 Å². The summed E-state index contributed by atoms with van der Waals surface area (Å²) < 4.78 is 1.97. The predicted molar refractivity (Wildman–Crippen MR) is 74.5 cm³/mol. The van der Waals surface area contributed by atoms with E-state index in [2.05, 4.69) is 35.5 Å². The van der Waals surface area contributed by atoms with Gasteiger partial charge in [-0.25, -0.2) is 0 Å². The molecule has 1 heterocycles. The highest BCUT2D eigenvalue weighted by molar-refractivity contribution is 5.03. The molecule has 1 saturated carbocycles. The van der Waals surface area contributed by atoms with Gasteiger partial charge in [-0.2, -0.15) is 5.10 Å². The Morgan fingerprint density at radius 2 is 2.22 bits per heavy atom. The summed E-state index contributed by atoms with van der Waals surface area (Å²) in [4.78, 5) is 2.51. The van der Waals surface area contributed by atoms with Crippen LogP contribution >= 0.6 is 0 Å². The van der Waals surface area contributed by atoms with Gasteiger partial charge in [-0.1, -0.05) is 12.8 Å². The first-order valence-electron chi connectivity index (χ1n) is 7.22. The third-order valence-corrected chi connectivity index (χ3v) is 3.93. The standard InChI is InChI=1S/C14H26N4/c1-3-18-12-13(11-16-18)10-15-8-9-17(2)14-6-4-5-7-14/h11-12,14-15H,3-10H2,1-2H3. The maximum absolute atomic E-state index is 4.28. The Labute approximate surface area is 110 Å². The second-order valence-corrected chi connectivity index (χ2v) is 5.30. The SMILES string of the molecule is CCn1cc(CNCCN(C)C2CCCC2)cn1. The first-order valence-corrected chi connectivity index (χ1v) is 7.22. The Bertz CT molecular complexity index is 341. The van der Waals surface area contributed by atoms with E-state index < -0.39 is 0 Å². The monoisotopic (exact) mass is 250 g/mol. The zero-order chi connectivity index (χ0) is 12.8. The number of nitrogens with one attached hydrogen (secondary N) is 1. The highest BCUT2D eigenvalue weighted by atomic mass is 15.3. The fraction of sp³-hybridized carbons (Fsp3) is 0.786. The lowest BCUT2D eigenvalue weighted by atomic mass is 10.2. The molecule has 0 spiro atoms. The van der Waals surface area contributed by atoms with E-state index in [0.29, 0.717) is 0 Å². The van der Waals surface area contributed by atoms with Crippen molar-refractivity contribution in [3.05, 3.63) is 18.0 Å². The quantitative estimate of drug-likeness (QED) is 0.750. The Hall–Kier alpha value is -0.870. The Kier molecular flexibility index (Phi) is 5.20. The molecule has 4 nitrogen and oxygen atoms in total. The van der Waals surface area contributed by atoms with E-state index in [9.17, 15) is 0 Å². The summed E-state index contributed by atoms with van der Waals surface area (Å²) >= 11 is 0. The number of hydrogen-bond donors (Lipinski definition) is 1. The van der Waals surface area contributed by atoms with E-state index in [1.165, 1.54) is 31.2 Å². The molecule has 0 atom stereocenters. The zero-order valence-corrected chi connectivity index (χ0v) is 11.7. The highest BCUT2D eigenvalue weighted by Gasteiger charge is 2.18. The average molecular weight is 250 g/mol. The number of aromatic nitrogens is 2. The van der Waals surface area contributed by atoms with Gasteiger partial charge in [-0.3, -0.25) is 4.68 Å². The van der Waals surface area contributed by atoms with Crippen LogP contribution in [0.5, 0.6) is 0 Å². The lowest BCUT2D eigenvalue weighted by Crippen LogP contribution is -2.35. The van der Waals surface area contributed by atoms with E-state index >= 15 is 0 Å². The van der Waals surface area contributed by atoms with Gasteiger partial charge < -0.3 is 10.2 Å². The average Bonchev–Trinajstić information content (AvgIpc) is 3.05. The molecular weight excluding hydrogens is 224 g/mol. The van der Waals surface area contributed by atoms with E-state index in [4.69, 9.17) is 0 Å². The lowest BCUT2D eigenvalue weighted by Gasteiger charge is -2.23. The van der Waals surface area contributed by atoms with E-state index in [1.54, 1.807) is 0 Å². The van der Waals surface area contributed by atoms with Crippen LogP contribution in [-0.4, -0.2) is 40.9 Å². The third kappa shape index (κ3) is 3.82. The summed E-state index contributed by atoms with van der Waals surface area (Å²) in [6.07, 6.45) is 9.68. The van der Waals surface area contributed by atoms with Gasteiger partial charge in [0.05, 0.1) is 6.20 Å². The molecule has 0 amide bonds. The molecule has 0 bridgehead atoms. The maximum Gasteiger partial charge on any atom is 0.0534 e. The summed E-state index contributed by atoms with van der Waals surface area (Å²) in [5.41, 5.74) is 1.28. The highest BCUT2D eigenvalue weighted by Crippen LogP contribution is 2.21. The van der Waals surface area contributed by atoms with Crippen molar-refractivity contribution in [2.75, 3.05) is 20.1 Å². The number of nitrogens with zero attached hydrogens (tertiary/aromatic N) is 3. The number of hydrogen-bond acceptors (Lipinski definition) is 3. The van der Waals surface area contributed by atoms with Crippen molar-refractivity contribution in [3.8, 4) is 0 Å². The molecule has 1 aliphatic carbocycles. The van der Waals surface area contributed by atoms with Crippen LogP contribution in [0.15, 0.2) is 12.4 Å². The molecule has 0 radical (unpaired) electrons. The summed E-state index contributed by atoms with van der Waals surface area (Å²) in [5.74, 6) is 0. The van der Waals surface area contributed by atoms with Gasteiger partial charge in [0, 0.05) is 44.0 Å². The largest absolute Gasteiger partial charge is 0.311 e. The van der Waals surface area contributed by atoms with Gasteiger partial charge in [-0.15, -0.1) is 0 Å². The van der Waals surface area contributed by atoms with Crippen LogP contribution in [0.1, 0.15) is 38.2 Å². The minimum atomic E-state index is 0.828. The summed E-state index contributed by atoms with van der Waals surface area (Å²) in [6.45, 7) is 6.20. The third-order valence-electron chi connectivity index (χ3n) is 3.93. The molecular formula is C14H26N4. The first-order chi connectivity index (χ1) is 8.79. The van der Waals surface area contributed by atoms with E-state index in [-0.39, 0.29) is 0 Å². The van der Waals surface area contributed by atoms with E-state index in [0.717, 1.165) is 32.2 Å². The van der Waals surface area contributed by atoms with Crippen LogP contribution in [-0.2, 0) is 13.1 Å². The number of aryl methyl sites for hydroxylation is 1. The normalized spacial score (nSPS) is 16.8. The molecule has 102 valence electrons. The molecule has 0 aliphatic heterocycles. The number of likely N-dealkylation sites (N-methyl/N-ethyl adjacent to an activating group) is 1. The van der Waals surface area contributed by atoms with Gasteiger partial charge in [0.25, 0.3) is 0 Å². The van der Waals surface area contributed by atoms with Crippen LogP contribution < -0.4 is 5.32 Å². The Morgan fingerprint density at radius 1 is 1.44 bits per heavy atom. The predicted octanol–water partition coefficient (Wildman–Crippen LogP) is 1.87. The van der Waals surface area contributed by atoms with Gasteiger partial charge in [0.2, 0.25) is 0 Å². The molecule has 0 unspecified atom stereocenters. The van der Waals surface area contributed by atoms with Crippen LogP contribution in [0.2, 0.25) is 0 Å². The van der Waals surface area contributed by atoms with Crippen molar-refractivity contribution >= 4 is 0 Å². The minimum Gasteiger partial charge on any atom is -0.311 e. The van der Waals surface area contributed by atoms with Crippen LogP contribution in [0.4, 0.5) is 0 Å². The summed E-state index contributed by atoms with van der Waals surface area (Å²) in [7, 11) is 2.26. The number of rotatable bonds is 7.